The molecule has 1 aliphatic carbocycles. The molecule has 0 saturated carbocycles. The Kier molecular flexibility index (Phi) is 3.77. The van der Waals surface area contributed by atoms with Gasteiger partial charge in [-0.25, -0.2) is 0 Å². The van der Waals surface area contributed by atoms with Gasteiger partial charge in [-0.1, -0.05) is 6.07 Å². The van der Waals surface area contributed by atoms with Crippen molar-refractivity contribution in [2.75, 3.05) is 11.6 Å². The molecule has 25 heavy (non-hydrogen) atoms. The highest BCUT2D eigenvalue weighted by Crippen LogP contribution is 2.41. The van der Waals surface area contributed by atoms with Crippen LogP contribution in [0, 0.1) is 5.41 Å². The van der Waals surface area contributed by atoms with Crippen LogP contribution in [0.3, 0.4) is 0 Å². The van der Waals surface area contributed by atoms with Gasteiger partial charge in [-0.15, -0.1) is 0 Å². The van der Waals surface area contributed by atoms with Crippen molar-refractivity contribution in [3.63, 3.8) is 0 Å². The molecule has 0 bridgehead atoms. The molecule has 6 nitrogen and oxygen atoms in total. The Hall–Kier alpha value is -2.73. The number of fused-ring (bicyclic) bond motifs is 1. The van der Waals surface area contributed by atoms with E-state index in [9.17, 15) is 14.8 Å². The summed E-state index contributed by atoms with van der Waals surface area (Å²) in [6.45, 7) is 0.720. The molecule has 1 atom stereocenters. The maximum Gasteiger partial charge on any atom is 0.282 e. The summed E-state index contributed by atoms with van der Waals surface area (Å²) in [7, 11) is 0. The standard InChI is InChI=1S/C19H19N3O3/c23-17(22(25)16-2-1-8-20-12-16)14-4-3-13-5-6-19(11-15(13)10-14)7-9-21-18(19)24/h1-4,8,10,12,25H,5-7,9,11H2,(H,21,24)/t19-/m0/s1. The van der Waals surface area contributed by atoms with Gasteiger partial charge in [-0.2, -0.15) is 5.06 Å². The van der Waals surface area contributed by atoms with Crippen LogP contribution in [-0.2, 0) is 17.6 Å². The van der Waals surface area contributed by atoms with Crippen molar-refractivity contribution in [3.8, 4) is 0 Å². The SMILES string of the molecule is O=C(c1ccc2c(c1)C[C@@]1(CCNC1=O)CC2)N(O)c1cccnc1. The Morgan fingerprint density at radius 2 is 2.12 bits per heavy atom. The van der Waals surface area contributed by atoms with E-state index in [-0.39, 0.29) is 11.3 Å². The number of carbonyl (C=O) groups is 2. The summed E-state index contributed by atoms with van der Waals surface area (Å²) < 4.78 is 0. The zero-order chi connectivity index (χ0) is 17.4. The predicted molar refractivity (Wildman–Crippen MR) is 91.4 cm³/mol. The highest BCUT2D eigenvalue weighted by molar-refractivity contribution is 6.04. The Balaban J connectivity index is 1.62. The van der Waals surface area contributed by atoms with E-state index in [4.69, 9.17) is 0 Å². The molecular weight excluding hydrogens is 318 g/mol. The molecule has 1 spiro atoms. The third-order valence-electron chi connectivity index (χ3n) is 5.31. The second-order valence-corrected chi connectivity index (χ2v) is 6.77. The van der Waals surface area contributed by atoms with Gasteiger partial charge in [0.2, 0.25) is 5.91 Å². The number of carbonyl (C=O) groups excluding carboxylic acids is 2. The quantitative estimate of drug-likeness (QED) is 0.649. The second-order valence-electron chi connectivity index (χ2n) is 6.77. The Labute approximate surface area is 145 Å². The van der Waals surface area contributed by atoms with Crippen LogP contribution in [0.25, 0.3) is 0 Å². The normalized spacial score (nSPS) is 21.7. The molecule has 1 fully saturated rings. The lowest BCUT2D eigenvalue weighted by Gasteiger charge is -2.32. The second kappa shape index (κ2) is 5.97. The van der Waals surface area contributed by atoms with Gasteiger partial charge in [0.05, 0.1) is 17.3 Å². The molecule has 128 valence electrons. The van der Waals surface area contributed by atoms with Crippen LogP contribution in [0.4, 0.5) is 5.69 Å². The highest BCUT2D eigenvalue weighted by atomic mass is 16.5. The lowest BCUT2D eigenvalue weighted by atomic mass is 9.70. The molecular formula is C19H19N3O3. The van der Waals surface area contributed by atoms with Gasteiger partial charge in [0.15, 0.2) is 0 Å². The molecule has 1 saturated heterocycles. The van der Waals surface area contributed by atoms with Crippen LogP contribution in [0.5, 0.6) is 0 Å². The van der Waals surface area contributed by atoms with Crippen molar-refractivity contribution < 1.29 is 14.8 Å². The van der Waals surface area contributed by atoms with E-state index < -0.39 is 5.91 Å². The van der Waals surface area contributed by atoms with Crippen LogP contribution >= 0.6 is 0 Å². The number of rotatable bonds is 2. The van der Waals surface area contributed by atoms with Crippen molar-refractivity contribution in [1.29, 1.82) is 0 Å². The number of hydrogen-bond acceptors (Lipinski definition) is 4. The summed E-state index contributed by atoms with van der Waals surface area (Å²) in [5.41, 5.74) is 2.58. The van der Waals surface area contributed by atoms with E-state index in [2.05, 4.69) is 10.3 Å². The Morgan fingerprint density at radius 3 is 2.84 bits per heavy atom. The molecule has 2 heterocycles. The van der Waals surface area contributed by atoms with E-state index in [0.29, 0.717) is 22.7 Å². The number of benzene rings is 1. The van der Waals surface area contributed by atoms with Crippen LogP contribution in [-0.4, -0.2) is 28.6 Å². The lowest BCUT2D eigenvalue weighted by molar-refractivity contribution is -0.128. The summed E-state index contributed by atoms with van der Waals surface area (Å²) in [6, 6.07) is 8.74. The van der Waals surface area contributed by atoms with Gasteiger partial charge in [0, 0.05) is 18.3 Å². The number of pyridine rings is 1. The van der Waals surface area contributed by atoms with Crippen LogP contribution < -0.4 is 10.4 Å². The molecule has 0 unspecified atom stereocenters. The summed E-state index contributed by atoms with van der Waals surface area (Å²) in [6.07, 6.45) is 6.17. The van der Waals surface area contributed by atoms with E-state index in [1.54, 1.807) is 24.4 Å². The fraction of sp³-hybridized carbons (Fsp3) is 0.316. The first-order valence-electron chi connectivity index (χ1n) is 8.43. The average Bonchev–Trinajstić information content (AvgIpc) is 3.00. The van der Waals surface area contributed by atoms with Crippen molar-refractivity contribution in [1.82, 2.24) is 10.3 Å². The summed E-state index contributed by atoms with van der Waals surface area (Å²) in [5, 5.41) is 13.7. The molecule has 1 aliphatic heterocycles. The Bertz CT molecular complexity index is 837. The zero-order valence-corrected chi connectivity index (χ0v) is 13.7. The van der Waals surface area contributed by atoms with Crippen molar-refractivity contribution in [3.05, 3.63) is 59.4 Å². The van der Waals surface area contributed by atoms with Gasteiger partial charge in [0.25, 0.3) is 5.91 Å². The lowest BCUT2D eigenvalue weighted by Crippen LogP contribution is -2.36. The van der Waals surface area contributed by atoms with Gasteiger partial charge < -0.3 is 5.32 Å². The molecule has 2 amide bonds. The smallest absolute Gasteiger partial charge is 0.282 e. The van der Waals surface area contributed by atoms with Crippen molar-refractivity contribution in [2.45, 2.75) is 25.7 Å². The minimum Gasteiger partial charge on any atom is -0.356 e. The van der Waals surface area contributed by atoms with Crippen molar-refractivity contribution >= 4 is 17.5 Å². The van der Waals surface area contributed by atoms with Gasteiger partial charge in [-0.05, 0) is 61.1 Å². The third-order valence-corrected chi connectivity index (χ3v) is 5.31. The first-order chi connectivity index (χ1) is 12.1. The fourth-order valence-corrected chi connectivity index (χ4v) is 3.84. The van der Waals surface area contributed by atoms with E-state index in [0.717, 1.165) is 31.4 Å². The van der Waals surface area contributed by atoms with E-state index in [1.165, 1.54) is 11.8 Å². The zero-order valence-electron chi connectivity index (χ0n) is 13.7. The predicted octanol–water partition coefficient (Wildman–Crippen LogP) is 2.11. The largest absolute Gasteiger partial charge is 0.356 e. The summed E-state index contributed by atoms with van der Waals surface area (Å²) >= 11 is 0. The highest BCUT2D eigenvalue weighted by Gasteiger charge is 2.44. The molecule has 2 N–H and O–H groups in total. The van der Waals surface area contributed by atoms with Gasteiger partial charge >= 0.3 is 0 Å². The number of anilines is 1. The number of aryl methyl sites for hydroxylation is 1. The van der Waals surface area contributed by atoms with Crippen LogP contribution in [0.15, 0.2) is 42.7 Å². The first kappa shape index (κ1) is 15.8. The number of amides is 2. The van der Waals surface area contributed by atoms with Crippen LogP contribution in [0.2, 0.25) is 0 Å². The van der Waals surface area contributed by atoms with Crippen molar-refractivity contribution in [2.24, 2.45) is 5.41 Å². The first-order valence-corrected chi connectivity index (χ1v) is 8.43. The average molecular weight is 337 g/mol. The van der Waals surface area contributed by atoms with E-state index in [1.807, 2.05) is 12.1 Å². The fourth-order valence-electron chi connectivity index (χ4n) is 3.84. The number of nitrogens with one attached hydrogen (secondary N) is 1. The molecule has 1 aromatic heterocycles. The molecule has 0 radical (unpaired) electrons. The number of nitrogens with zero attached hydrogens (tertiary/aromatic N) is 2. The number of hydrogen-bond donors (Lipinski definition) is 2. The summed E-state index contributed by atoms with van der Waals surface area (Å²) in [5.74, 6) is -0.389. The van der Waals surface area contributed by atoms with Gasteiger partial charge in [-0.3, -0.25) is 19.8 Å². The van der Waals surface area contributed by atoms with Gasteiger partial charge in [0.1, 0.15) is 0 Å². The molecule has 1 aromatic carbocycles. The van der Waals surface area contributed by atoms with E-state index >= 15 is 0 Å². The minimum atomic E-state index is -0.508. The number of hydroxylamine groups is 1. The molecule has 4 rings (SSSR count). The number of aromatic nitrogens is 1. The molecule has 6 heteroatoms. The third kappa shape index (κ3) is 2.68. The maximum absolute atomic E-state index is 12.6. The summed E-state index contributed by atoms with van der Waals surface area (Å²) in [4.78, 5) is 28.7. The maximum atomic E-state index is 12.6. The monoisotopic (exact) mass is 337 g/mol. The Morgan fingerprint density at radius 1 is 1.24 bits per heavy atom. The minimum absolute atomic E-state index is 0.119. The molecule has 2 aromatic rings. The van der Waals surface area contributed by atoms with Crippen LogP contribution in [0.1, 0.15) is 34.3 Å². The molecule has 2 aliphatic rings. The topological polar surface area (TPSA) is 82.5 Å².